The van der Waals surface area contributed by atoms with Crippen molar-refractivity contribution in [2.75, 3.05) is 39.8 Å². The van der Waals surface area contributed by atoms with Crippen molar-refractivity contribution in [2.24, 2.45) is 0 Å². The van der Waals surface area contributed by atoms with E-state index in [1.807, 2.05) is 35.2 Å². The van der Waals surface area contributed by atoms with Crippen molar-refractivity contribution in [3.8, 4) is 0 Å². The van der Waals surface area contributed by atoms with Crippen LogP contribution in [0.25, 0.3) is 0 Å². The Morgan fingerprint density at radius 3 is 2.05 bits per heavy atom. The van der Waals surface area contributed by atoms with Crippen LogP contribution in [-0.4, -0.2) is 66.3 Å². The van der Waals surface area contributed by atoms with Gasteiger partial charge in [-0.2, -0.15) is 26.3 Å². The molecule has 1 aliphatic heterocycles. The molecule has 1 saturated heterocycles. The summed E-state index contributed by atoms with van der Waals surface area (Å²) >= 11 is 0. The molecule has 4 rings (SSSR count). The summed E-state index contributed by atoms with van der Waals surface area (Å²) in [5.41, 5.74) is -2.93. The van der Waals surface area contributed by atoms with Gasteiger partial charge in [-0.05, 0) is 49.7 Å². The number of carbonyl (C=O) groups is 2. The Kier molecular flexibility index (Phi) is 9.79. The van der Waals surface area contributed by atoms with Gasteiger partial charge >= 0.3 is 12.4 Å². The van der Waals surface area contributed by atoms with Crippen molar-refractivity contribution in [2.45, 2.75) is 31.2 Å². The number of likely N-dealkylation sites (N-methyl/N-ethyl adjacent to an activating group) is 1. The standard InChI is InChI=1S/C31H30F7N3O2/c1-39(13-11-21-7-3-2-4-8-21)20-28(42)40-14-12-27(25-9-5-6-10-26(25)32)41(16-15-40)29(43)22-17-23(30(33,34)35)19-24(18-22)31(36,37)38/h2-10,17-19,27H,11-16,20H2,1H3. The van der Waals surface area contributed by atoms with E-state index in [1.54, 1.807) is 7.05 Å². The Bertz CT molecular complexity index is 1390. The summed E-state index contributed by atoms with van der Waals surface area (Å²) < 4.78 is 96.0. The van der Waals surface area contributed by atoms with E-state index in [0.717, 1.165) is 16.5 Å². The van der Waals surface area contributed by atoms with Gasteiger partial charge in [-0.25, -0.2) is 4.39 Å². The van der Waals surface area contributed by atoms with Crippen LogP contribution in [0, 0.1) is 5.82 Å². The fourth-order valence-electron chi connectivity index (χ4n) is 5.11. The number of halogens is 7. The SMILES string of the molecule is CN(CCc1ccccc1)CC(=O)N1CCC(c2ccccc2F)N(C(=O)c2cc(C(F)(F)F)cc(C(F)(F)F)c2)CC1. The van der Waals surface area contributed by atoms with E-state index >= 15 is 0 Å². The highest BCUT2D eigenvalue weighted by molar-refractivity contribution is 5.95. The van der Waals surface area contributed by atoms with E-state index in [4.69, 9.17) is 0 Å². The normalized spacial score (nSPS) is 16.3. The number of amides is 2. The molecule has 230 valence electrons. The first kappa shape index (κ1) is 32.0. The zero-order chi connectivity index (χ0) is 31.4. The van der Waals surface area contributed by atoms with Crippen molar-refractivity contribution in [3.05, 3.63) is 106 Å². The number of hydrogen-bond donors (Lipinski definition) is 0. The lowest BCUT2D eigenvalue weighted by Gasteiger charge is -2.30. The van der Waals surface area contributed by atoms with E-state index in [0.29, 0.717) is 25.1 Å². The van der Waals surface area contributed by atoms with Crippen LogP contribution in [0.15, 0.2) is 72.8 Å². The predicted octanol–water partition coefficient (Wildman–Crippen LogP) is 6.45. The predicted molar refractivity (Wildman–Crippen MR) is 145 cm³/mol. The second-order valence-electron chi connectivity index (χ2n) is 10.5. The Hall–Kier alpha value is -3.93. The molecule has 0 spiro atoms. The number of carbonyl (C=O) groups excluding carboxylic acids is 2. The van der Waals surface area contributed by atoms with Crippen LogP contribution in [0.4, 0.5) is 30.7 Å². The fourth-order valence-corrected chi connectivity index (χ4v) is 5.11. The van der Waals surface area contributed by atoms with Gasteiger partial charge in [-0.15, -0.1) is 0 Å². The first-order chi connectivity index (χ1) is 20.2. The van der Waals surface area contributed by atoms with E-state index in [-0.39, 0.29) is 50.1 Å². The monoisotopic (exact) mass is 609 g/mol. The van der Waals surface area contributed by atoms with Gasteiger partial charge in [0, 0.05) is 37.3 Å². The zero-order valence-electron chi connectivity index (χ0n) is 23.3. The average Bonchev–Trinajstić information content (AvgIpc) is 3.18. The summed E-state index contributed by atoms with van der Waals surface area (Å²) in [6.07, 6.45) is -9.55. The molecular weight excluding hydrogens is 579 g/mol. The third-order valence-electron chi connectivity index (χ3n) is 7.40. The Balaban J connectivity index is 1.59. The maximum Gasteiger partial charge on any atom is 0.416 e. The molecule has 3 aromatic rings. The van der Waals surface area contributed by atoms with Crippen LogP contribution in [0.5, 0.6) is 0 Å². The molecule has 0 aliphatic carbocycles. The highest BCUT2D eigenvalue weighted by atomic mass is 19.4. The minimum absolute atomic E-state index is 0.0250. The van der Waals surface area contributed by atoms with Crippen molar-refractivity contribution in [1.29, 1.82) is 0 Å². The highest BCUT2D eigenvalue weighted by Crippen LogP contribution is 2.38. The molecule has 5 nitrogen and oxygen atoms in total. The maximum absolute atomic E-state index is 14.9. The third-order valence-corrected chi connectivity index (χ3v) is 7.40. The van der Waals surface area contributed by atoms with Crippen LogP contribution < -0.4 is 0 Å². The highest BCUT2D eigenvalue weighted by Gasteiger charge is 2.39. The lowest BCUT2D eigenvalue weighted by molar-refractivity contribution is -0.143. The molecule has 0 N–H and O–H groups in total. The van der Waals surface area contributed by atoms with Gasteiger partial charge in [0.05, 0.1) is 23.7 Å². The van der Waals surface area contributed by atoms with E-state index in [1.165, 1.54) is 23.1 Å². The van der Waals surface area contributed by atoms with Crippen LogP contribution >= 0.6 is 0 Å². The lowest BCUT2D eigenvalue weighted by atomic mass is 9.99. The number of rotatable bonds is 7. The Morgan fingerprint density at radius 2 is 1.44 bits per heavy atom. The van der Waals surface area contributed by atoms with Crippen molar-refractivity contribution >= 4 is 11.8 Å². The summed E-state index contributed by atoms with van der Waals surface area (Å²) in [7, 11) is 1.78. The molecule has 0 bridgehead atoms. The quantitative estimate of drug-likeness (QED) is 0.289. The molecule has 1 aliphatic rings. The molecule has 0 saturated carbocycles. The Labute approximate surface area is 244 Å². The summed E-state index contributed by atoms with van der Waals surface area (Å²) in [5.74, 6) is -2.08. The molecule has 1 unspecified atom stereocenters. The number of nitrogens with zero attached hydrogens (tertiary/aromatic N) is 3. The molecule has 1 fully saturated rings. The van der Waals surface area contributed by atoms with Gasteiger partial charge in [0.1, 0.15) is 5.82 Å². The smallest absolute Gasteiger partial charge is 0.340 e. The van der Waals surface area contributed by atoms with Crippen LogP contribution in [0.3, 0.4) is 0 Å². The van der Waals surface area contributed by atoms with Gasteiger partial charge < -0.3 is 9.80 Å². The number of benzene rings is 3. The molecule has 0 radical (unpaired) electrons. The minimum Gasteiger partial charge on any atom is -0.340 e. The second kappa shape index (κ2) is 13.2. The van der Waals surface area contributed by atoms with E-state index < -0.39 is 46.8 Å². The molecular formula is C31H30F7N3O2. The summed E-state index contributed by atoms with van der Waals surface area (Å²) in [6, 6.07) is 14.8. The molecule has 2 amide bonds. The first-order valence-electron chi connectivity index (χ1n) is 13.6. The van der Waals surface area contributed by atoms with Gasteiger partial charge in [0.2, 0.25) is 5.91 Å². The van der Waals surface area contributed by atoms with Crippen LogP contribution in [0.2, 0.25) is 0 Å². The zero-order valence-corrected chi connectivity index (χ0v) is 23.3. The molecule has 1 heterocycles. The number of alkyl halides is 6. The molecule has 3 aromatic carbocycles. The molecule has 1 atom stereocenters. The Morgan fingerprint density at radius 1 is 0.837 bits per heavy atom. The van der Waals surface area contributed by atoms with Crippen molar-refractivity contribution in [1.82, 2.24) is 14.7 Å². The average molecular weight is 610 g/mol. The van der Waals surface area contributed by atoms with Gasteiger partial charge in [0.15, 0.2) is 0 Å². The number of hydrogen-bond acceptors (Lipinski definition) is 3. The van der Waals surface area contributed by atoms with Gasteiger partial charge in [0.25, 0.3) is 5.91 Å². The molecule has 43 heavy (non-hydrogen) atoms. The second-order valence-corrected chi connectivity index (χ2v) is 10.5. The third kappa shape index (κ3) is 8.13. The minimum atomic E-state index is -5.14. The fraction of sp³-hybridized carbons (Fsp3) is 0.355. The topological polar surface area (TPSA) is 43.9 Å². The summed E-state index contributed by atoms with van der Waals surface area (Å²) in [4.78, 5) is 31.2. The maximum atomic E-state index is 14.9. The summed E-state index contributed by atoms with van der Waals surface area (Å²) in [5, 5.41) is 0. The molecule has 0 aromatic heterocycles. The van der Waals surface area contributed by atoms with Gasteiger partial charge in [-0.3, -0.25) is 14.5 Å². The van der Waals surface area contributed by atoms with E-state index in [9.17, 15) is 40.3 Å². The summed E-state index contributed by atoms with van der Waals surface area (Å²) in [6.45, 7) is 0.476. The van der Waals surface area contributed by atoms with Crippen molar-refractivity contribution < 1.29 is 40.3 Å². The van der Waals surface area contributed by atoms with Crippen LogP contribution in [0.1, 0.15) is 45.1 Å². The first-order valence-corrected chi connectivity index (χ1v) is 13.6. The largest absolute Gasteiger partial charge is 0.416 e. The van der Waals surface area contributed by atoms with E-state index in [2.05, 4.69) is 0 Å². The van der Waals surface area contributed by atoms with Crippen LogP contribution in [-0.2, 0) is 23.6 Å². The lowest BCUT2D eigenvalue weighted by Crippen LogP contribution is -2.42. The van der Waals surface area contributed by atoms with Crippen molar-refractivity contribution in [3.63, 3.8) is 0 Å². The van der Waals surface area contributed by atoms with Gasteiger partial charge in [-0.1, -0.05) is 48.5 Å². The molecule has 12 heteroatoms.